The van der Waals surface area contributed by atoms with Crippen molar-refractivity contribution >= 4 is 17.0 Å². The summed E-state index contributed by atoms with van der Waals surface area (Å²) in [6, 6.07) is 18.6. The number of aliphatic carboxylic acids is 1. The highest BCUT2D eigenvalue weighted by molar-refractivity contribution is 5.80. The van der Waals surface area contributed by atoms with Crippen molar-refractivity contribution in [3.63, 3.8) is 0 Å². The zero-order valence-corrected chi connectivity index (χ0v) is 21.2. The number of ether oxygens (including phenoxy) is 1. The Bertz CT molecular complexity index is 1430. The fraction of sp³-hybridized carbons (Fsp3) is 0.345. The van der Waals surface area contributed by atoms with Gasteiger partial charge in [0.1, 0.15) is 17.4 Å². The Balaban J connectivity index is 1.50. The van der Waals surface area contributed by atoms with Crippen molar-refractivity contribution in [2.75, 3.05) is 6.54 Å². The Morgan fingerprint density at radius 3 is 2.78 bits per heavy atom. The van der Waals surface area contributed by atoms with Crippen molar-refractivity contribution in [3.05, 3.63) is 88.0 Å². The third kappa shape index (κ3) is 4.71. The first kappa shape index (κ1) is 24.0. The summed E-state index contributed by atoms with van der Waals surface area (Å²) >= 11 is 0. The van der Waals surface area contributed by atoms with E-state index in [0.717, 1.165) is 53.1 Å². The largest absolute Gasteiger partial charge is 0.489 e. The SMILES string of the molecule is Cc1ccc(C(CC(=O)O)c2ccc3c(nnn3C)c2C)cc1CN1Cc2ccccc2O[C@@H](C)C1. The van der Waals surface area contributed by atoms with Gasteiger partial charge in [0, 0.05) is 38.2 Å². The predicted molar refractivity (Wildman–Crippen MR) is 139 cm³/mol. The number of carboxylic acids is 1. The molecule has 2 atom stereocenters. The highest BCUT2D eigenvalue weighted by Gasteiger charge is 2.24. The molecule has 0 radical (unpaired) electrons. The van der Waals surface area contributed by atoms with Gasteiger partial charge in [-0.05, 0) is 60.7 Å². The average molecular weight is 485 g/mol. The Morgan fingerprint density at radius 1 is 1.17 bits per heavy atom. The van der Waals surface area contributed by atoms with E-state index in [1.807, 2.05) is 38.2 Å². The number of carboxylic acid groups (broad SMARTS) is 1. The van der Waals surface area contributed by atoms with Gasteiger partial charge in [0.15, 0.2) is 0 Å². The Hall–Kier alpha value is -3.71. The molecule has 0 saturated carbocycles. The van der Waals surface area contributed by atoms with Crippen LogP contribution in [0, 0.1) is 13.8 Å². The van der Waals surface area contributed by atoms with E-state index in [2.05, 4.69) is 59.4 Å². The summed E-state index contributed by atoms with van der Waals surface area (Å²) in [6.45, 7) is 8.63. The monoisotopic (exact) mass is 484 g/mol. The normalized spacial score (nSPS) is 16.8. The minimum absolute atomic E-state index is 0.0110. The highest BCUT2D eigenvalue weighted by atomic mass is 16.5. The van der Waals surface area contributed by atoms with Crippen molar-refractivity contribution in [1.29, 1.82) is 0 Å². The van der Waals surface area contributed by atoms with E-state index in [0.29, 0.717) is 0 Å². The van der Waals surface area contributed by atoms with Gasteiger partial charge in [-0.25, -0.2) is 4.68 Å². The van der Waals surface area contributed by atoms with Gasteiger partial charge in [-0.15, -0.1) is 5.10 Å². The number of aromatic nitrogens is 3. The van der Waals surface area contributed by atoms with Crippen molar-refractivity contribution < 1.29 is 14.6 Å². The van der Waals surface area contributed by atoms with E-state index < -0.39 is 5.97 Å². The van der Waals surface area contributed by atoms with Crippen LogP contribution in [-0.2, 0) is 24.9 Å². The van der Waals surface area contributed by atoms with Crippen LogP contribution in [0.15, 0.2) is 54.6 Å². The quantitative estimate of drug-likeness (QED) is 0.416. The van der Waals surface area contributed by atoms with Crippen molar-refractivity contribution in [2.45, 2.75) is 52.3 Å². The van der Waals surface area contributed by atoms with E-state index in [1.165, 1.54) is 16.7 Å². The molecule has 7 heteroatoms. The molecule has 5 rings (SSSR count). The van der Waals surface area contributed by atoms with E-state index in [1.54, 1.807) is 4.68 Å². The molecular weight excluding hydrogens is 452 g/mol. The molecule has 0 amide bonds. The minimum atomic E-state index is -0.823. The molecular formula is C29H32N4O3. The summed E-state index contributed by atoms with van der Waals surface area (Å²) in [5.74, 6) is -0.148. The fourth-order valence-corrected chi connectivity index (χ4v) is 5.32. The number of hydrogen-bond donors (Lipinski definition) is 1. The number of aryl methyl sites for hydroxylation is 3. The lowest BCUT2D eigenvalue weighted by atomic mass is 9.84. The Labute approximate surface area is 211 Å². The van der Waals surface area contributed by atoms with Crippen LogP contribution in [0.25, 0.3) is 11.0 Å². The van der Waals surface area contributed by atoms with Crippen molar-refractivity contribution in [1.82, 2.24) is 19.9 Å². The summed E-state index contributed by atoms with van der Waals surface area (Å²) in [5.41, 5.74) is 8.29. The number of benzene rings is 3. The lowest BCUT2D eigenvalue weighted by Gasteiger charge is -2.24. The van der Waals surface area contributed by atoms with Crippen LogP contribution >= 0.6 is 0 Å². The van der Waals surface area contributed by atoms with Gasteiger partial charge in [-0.3, -0.25) is 9.69 Å². The molecule has 1 N–H and O–H groups in total. The maximum Gasteiger partial charge on any atom is 0.304 e. The molecule has 3 aromatic carbocycles. The summed E-state index contributed by atoms with van der Waals surface area (Å²) in [4.78, 5) is 14.3. The minimum Gasteiger partial charge on any atom is -0.489 e. The number of para-hydroxylation sites is 1. The Kier molecular flexibility index (Phi) is 6.49. The number of hydrogen-bond acceptors (Lipinski definition) is 5. The third-order valence-corrected chi connectivity index (χ3v) is 7.21. The van der Waals surface area contributed by atoms with Crippen LogP contribution in [0.2, 0.25) is 0 Å². The molecule has 4 aromatic rings. The van der Waals surface area contributed by atoms with Crippen molar-refractivity contribution in [3.8, 4) is 5.75 Å². The highest BCUT2D eigenvalue weighted by Crippen LogP contribution is 2.35. The molecule has 0 spiro atoms. The first-order valence-electron chi connectivity index (χ1n) is 12.4. The molecule has 186 valence electrons. The second-order valence-electron chi connectivity index (χ2n) is 9.90. The average Bonchev–Trinajstić information content (AvgIpc) is 3.13. The topological polar surface area (TPSA) is 80.5 Å². The molecule has 0 fully saturated rings. The van der Waals surface area contributed by atoms with Crippen LogP contribution in [0.1, 0.15) is 52.6 Å². The van der Waals surface area contributed by atoms with Gasteiger partial charge < -0.3 is 9.84 Å². The summed E-state index contributed by atoms with van der Waals surface area (Å²) < 4.78 is 7.89. The first-order valence-corrected chi connectivity index (χ1v) is 12.4. The van der Waals surface area contributed by atoms with E-state index in [-0.39, 0.29) is 18.4 Å². The first-order chi connectivity index (χ1) is 17.3. The van der Waals surface area contributed by atoms with Crippen LogP contribution in [-0.4, -0.2) is 43.6 Å². The zero-order chi connectivity index (χ0) is 25.4. The second kappa shape index (κ2) is 9.74. The predicted octanol–water partition coefficient (Wildman–Crippen LogP) is 4.97. The standard InChI is InChI=1S/C29H32N4O3/c1-18-9-10-21(13-23(18)17-33-15-19(2)36-27-8-6-5-7-22(27)16-33)25(14-28(34)35)24-11-12-26-29(20(24)3)30-31-32(26)4/h5-13,19,25H,14-17H2,1-4H3,(H,34,35)/t19-,25?/m0/s1. The molecule has 1 aliphatic heterocycles. The van der Waals surface area contributed by atoms with Gasteiger partial charge >= 0.3 is 5.97 Å². The van der Waals surface area contributed by atoms with Gasteiger partial charge in [0.25, 0.3) is 0 Å². The zero-order valence-electron chi connectivity index (χ0n) is 21.2. The van der Waals surface area contributed by atoms with Crippen LogP contribution in [0.5, 0.6) is 5.75 Å². The molecule has 36 heavy (non-hydrogen) atoms. The number of nitrogens with zero attached hydrogens (tertiary/aromatic N) is 4. The lowest BCUT2D eigenvalue weighted by molar-refractivity contribution is -0.137. The van der Waals surface area contributed by atoms with Crippen LogP contribution in [0.4, 0.5) is 0 Å². The third-order valence-electron chi connectivity index (χ3n) is 7.21. The maximum absolute atomic E-state index is 11.9. The second-order valence-corrected chi connectivity index (χ2v) is 9.90. The number of carbonyl (C=O) groups is 1. The molecule has 1 unspecified atom stereocenters. The Morgan fingerprint density at radius 2 is 1.97 bits per heavy atom. The fourth-order valence-electron chi connectivity index (χ4n) is 5.32. The van der Waals surface area contributed by atoms with E-state index >= 15 is 0 Å². The molecule has 0 saturated heterocycles. The smallest absolute Gasteiger partial charge is 0.304 e. The van der Waals surface area contributed by atoms with Gasteiger partial charge in [0.05, 0.1) is 11.9 Å². The molecule has 0 bridgehead atoms. The van der Waals surface area contributed by atoms with E-state index in [4.69, 9.17) is 4.74 Å². The lowest BCUT2D eigenvalue weighted by Crippen LogP contribution is -2.30. The molecule has 7 nitrogen and oxygen atoms in total. The summed E-state index contributed by atoms with van der Waals surface area (Å²) in [5, 5.41) is 18.3. The summed E-state index contributed by atoms with van der Waals surface area (Å²) in [7, 11) is 1.86. The van der Waals surface area contributed by atoms with Crippen LogP contribution < -0.4 is 4.74 Å². The molecule has 1 aromatic heterocycles. The summed E-state index contributed by atoms with van der Waals surface area (Å²) in [6.07, 6.45) is 0.0927. The van der Waals surface area contributed by atoms with Gasteiger partial charge in [-0.2, -0.15) is 0 Å². The molecule has 2 heterocycles. The molecule has 0 aliphatic carbocycles. The number of fused-ring (bicyclic) bond motifs is 2. The van der Waals surface area contributed by atoms with E-state index in [9.17, 15) is 9.90 Å². The number of rotatable bonds is 6. The van der Waals surface area contributed by atoms with Gasteiger partial charge in [0.2, 0.25) is 0 Å². The van der Waals surface area contributed by atoms with Gasteiger partial charge in [-0.1, -0.05) is 47.7 Å². The molecule has 1 aliphatic rings. The van der Waals surface area contributed by atoms with Crippen LogP contribution in [0.3, 0.4) is 0 Å². The van der Waals surface area contributed by atoms with Crippen molar-refractivity contribution in [2.24, 2.45) is 7.05 Å². The maximum atomic E-state index is 11.9.